The molecule has 0 aliphatic rings. The molecule has 8 rings (SSSR count). The Balaban J connectivity index is 0.00000200. The van der Waals surface area contributed by atoms with Crippen LogP contribution >= 0.6 is 0 Å². The van der Waals surface area contributed by atoms with Crippen molar-refractivity contribution in [3.63, 3.8) is 0 Å². The highest BCUT2D eigenvalue weighted by atomic mass is 15.2. The van der Waals surface area contributed by atoms with Crippen LogP contribution < -0.4 is 15.5 Å². The van der Waals surface area contributed by atoms with Crippen LogP contribution in [-0.4, -0.2) is 4.57 Å². The summed E-state index contributed by atoms with van der Waals surface area (Å²) in [5, 5.41) is 2.41. The zero-order valence-corrected chi connectivity index (χ0v) is 29.3. The molecule has 51 heavy (non-hydrogen) atoms. The zero-order chi connectivity index (χ0) is 35.2. The Bertz CT molecular complexity index is 2350. The average Bonchev–Trinajstić information content (AvgIpc) is 3.53. The summed E-state index contributed by atoms with van der Waals surface area (Å²) in [5.41, 5.74) is 18.1. The molecule has 0 unspecified atom stereocenters. The minimum atomic E-state index is 0.750. The van der Waals surface area contributed by atoms with E-state index < -0.39 is 0 Å². The van der Waals surface area contributed by atoms with E-state index in [2.05, 4.69) is 190 Å². The Kier molecular flexibility index (Phi) is 9.66. The fraction of sp³-hybridized carbons (Fsp3) is 0.0638. The van der Waals surface area contributed by atoms with Gasteiger partial charge < -0.3 is 20.1 Å². The molecule has 1 heterocycles. The summed E-state index contributed by atoms with van der Waals surface area (Å²) in [4.78, 5) is 4.60. The first kappa shape index (κ1) is 33.0. The molecule has 0 saturated carbocycles. The molecule has 7 aromatic carbocycles. The third kappa shape index (κ3) is 6.48. The molecule has 1 aromatic heterocycles. The Morgan fingerprint density at radius 1 is 0.451 bits per heavy atom. The lowest BCUT2D eigenvalue weighted by Gasteiger charge is -2.28. The summed E-state index contributed by atoms with van der Waals surface area (Å²) in [7, 11) is 0. The highest BCUT2D eigenvalue weighted by Gasteiger charge is 2.19. The molecule has 4 heteroatoms. The molecule has 0 saturated heterocycles. The zero-order valence-electron chi connectivity index (χ0n) is 29.3. The molecule has 8 aromatic rings. The number of anilines is 7. The van der Waals surface area contributed by atoms with Crippen LogP contribution in [0.1, 0.15) is 26.3 Å². The number of hydrogen-bond donors (Lipinski definition) is 1. The second-order valence-corrected chi connectivity index (χ2v) is 12.1. The van der Waals surface area contributed by atoms with Gasteiger partial charge in [0.05, 0.1) is 11.0 Å². The molecule has 4 nitrogen and oxygen atoms in total. The van der Waals surface area contributed by atoms with E-state index in [9.17, 15) is 0 Å². The predicted octanol–water partition coefficient (Wildman–Crippen LogP) is 13.4. The van der Waals surface area contributed by atoms with E-state index in [1.807, 2.05) is 32.9 Å². The maximum Gasteiger partial charge on any atom is 0.0542 e. The van der Waals surface area contributed by atoms with Crippen molar-refractivity contribution in [2.24, 2.45) is 0 Å². The summed E-state index contributed by atoms with van der Waals surface area (Å²) >= 11 is 0. The molecule has 0 aliphatic heterocycles. The maximum atomic E-state index is 6.43. The van der Waals surface area contributed by atoms with Crippen LogP contribution in [0.4, 0.5) is 39.8 Å². The summed E-state index contributed by atoms with van der Waals surface area (Å²) in [6, 6.07) is 62.1. The molecular formula is C47H42N4. The summed E-state index contributed by atoms with van der Waals surface area (Å²) < 4.78 is 2.35. The van der Waals surface area contributed by atoms with Gasteiger partial charge in [-0.25, -0.2) is 0 Å². The number of nitrogens with zero attached hydrogens (tertiary/aromatic N) is 3. The number of nitrogen functional groups attached to an aromatic ring is 1. The van der Waals surface area contributed by atoms with Gasteiger partial charge in [-0.2, -0.15) is 0 Å². The fourth-order valence-corrected chi connectivity index (χ4v) is 6.78. The van der Waals surface area contributed by atoms with Crippen molar-refractivity contribution in [3.8, 4) is 5.69 Å². The van der Waals surface area contributed by atoms with Gasteiger partial charge >= 0.3 is 0 Å². The van der Waals surface area contributed by atoms with Crippen molar-refractivity contribution in [1.82, 2.24) is 4.57 Å². The quantitative estimate of drug-likeness (QED) is 0.165. The van der Waals surface area contributed by atoms with Crippen molar-refractivity contribution in [2.75, 3.05) is 15.5 Å². The molecule has 0 aliphatic carbocycles. The van der Waals surface area contributed by atoms with Gasteiger partial charge in [-0.15, -0.1) is 0 Å². The van der Waals surface area contributed by atoms with Crippen LogP contribution in [0, 0.1) is 0 Å². The molecule has 250 valence electrons. The smallest absolute Gasteiger partial charge is 0.0542 e. The molecule has 0 radical (unpaired) electrons. The van der Waals surface area contributed by atoms with E-state index in [0.29, 0.717) is 0 Å². The predicted molar refractivity (Wildman–Crippen MR) is 221 cm³/mol. The average molecular weight is 663 g/mol. The van der Waals surface area contributed by atoms with Crippen molar-refractivity contribution in [2.45, 2.75) is 20.8 Å². The van der Waals surface area contributed by atoms with E-state index in [0.717, 1.165) is 51.1 Å². The van der Waals surface area contributed by atoms with E-state index in [1.165, 1.54) is 21.8 Å². The maximum absolute atomic E-state index is 6.43. The first-order chi connectivity index (χ1) is 25.2. The summed E-state index contributed by atoms with van der Waals surface area (Å²) in [6.45, 7) is 6.02. The standard InChI is InChI=1S/C45H36N4.C2H6/c1-2-14-33-31-39(27-29-43(33)46)48(38-25-23-37(24-26-38)47(34-15-6-3-7-16-34)35-17-8-4-9-18-35)40-28-30-45-42(32-40)41-21-12-13-22-44(41)49(45)36-19-10-5-11-20-36;1-2/h2-32H,46H2,1H3;1-2H3/b14-2-;. The number of fused-ring (bicyclic) bond motifs is 3. The number of rotatable bonds is 8. The lowest BCUT2D eigenvalue weighted by molar-refractivity contribution is 1.18. The normalized spacial score (nSPS) is 11.0. The first-order valence-corrected chi connectivity index (χ1v) is 17.6. The lowest BCUT2D eigenvalue weighted by atomic mass is 10.1. The summed E-state index contributed by atoms with van der Waals surface area (Å²) in [6.07, 6.45) is 4.09. The van der Waals surface area contributed by atoms with Gasteiger partial charge in [0.1, 0.15) is 0 Å². The van der Waals surface area contributed by atoms with Crippen molar-refractivity contribution in [1.29, 1.82) is 0 Å². The van der Waals surface area contributed by atoms with Crippen LogP contribution in [0.25, 0.3) is 33.6 Å². The largest absolute Gasteiger partial charge is 0.398 e. The number of allylic oxidation sites excluding steroid dienone is 1. The van der Waals surface area contributed by atoms with Gasteiger partial charge in [0.2, 0.25) is 0 Å². The number of nitrogens with two attached hydrogens (primary N) is 1. The topological polar surface area (TPSA) is 37.4 Å². The van der Waals surface area contributed by atoms with Gasteiger partial charge in [0, 0.05) is 56.3 Å². The number of aromatic nitrogens is 1. The van der Waals surface area contributed by atoms with Gasteiger partial charge in [-0.3, -0.25) is 0 Å². The minimum absolute atomic E-state index is 0.750. The molecule has 0 amide bonds. The van der Waals surface area contributed by atoms with Crippen LogP contribution in [0.3, 0.4) is 0 Å². The van der Waals surface area contributed by atoms with E-state index in [4.69, 9.17) is 5.73 Å². The Hall–Kier alpha value is -6.52. The highest BCUT2D eigenvalue weighted by Crippen LogP contribution is 2.42. The molecular weight excluding hydrogens is 621 g/mol. The Morgan fingerprint density at radius 2 is 0.902 bits per heavy atom. The van der Waals surface area contributed by atoms with Crippen LogP contribution in [-0.2, 0) is 0 Å². The summed E-state index contributed by atoms with van der Waals surface area (Å²) in [5.74, 6) is 0. The Morgan fingerprint density at radius 3 is 1.51 bits per heavy atom. The van der Waals surface area contributed by atoms with Gasteiger partial charge in [0.15, 0.2) is 0 Å². The number of para-hydroxylation sites is 4. The molecule has 2 N–H and O–H groups in total. The molecule has 0 spiro atoms. The highest BCUT2D eigenvalue weighted by molar-refractivity contribution is 6.10. The van der Waals surface area contributed by atoms with Crippen LogP contribution in [0.5, 0.6) is 0 Å². The second-order valence-electron chi connectivity index (χ2n) is 12.1. The van der Waals surface area contributed by atoms with Gasteiger partial charge in [-0.05, 0) is 116 Å². The van der Waals surface area contributed by atoms with Crippen molar-refractivity contribution < 1.29 is 0 Å². The minimum Gasteiger partial charge on any atom is -0.398 e. The van der Waals surface area contributed by atoms with Crippen LogP contribution in [0.2, 0.25) is 0 Å². The second kappa shape index (κ2) is 14.9. The van der Waals surface area contributed by atoms with Crippen LogP contribution in [0.15, 0.2) is 182 Å². The lowest BCUT2D eigenvalue weighted by Crippen LogP contribution is -2.12. The SMILES string of the molecule is C/C=C\c1cc(N(c2ccc(N(c3ccccc3)c3ccccc3)cc2)c2ccc3c(c2)c2ccccc2n3-c2ccccc2)ccc1N.CC. The number of hydrogen-bond acceptors (Lipinski definition) is 3. The fourth-order valence-electron chi connectivity index (χ4n) is 6.78. The van der Waals surface area contributed by atoms with Crippen molar-refractivity contribution >= 4 is 67.7 Å². The van der Waals surface area contributed by atoms with E-state index >= 15 is 0 Å². The van der Waals surface area contributed by atoms with Crippen molar-refractivity contribution in [3.05, 3.63) is 188 Å². The van der Waals surface area contributed by atoms with E-state index in [1.54, 1.807) is 0 Å². The molecule has 0 bridgehead atoms. The van der Waals surface area contributed by atoms with E-state index in [-0.39, 0.29) is 0 Å². The third-order valence-electron chi connectivity index (χ3n) is 9.00. The van der Waals surface area contributed by atoms with Gasteiger partial charge in [-0.1, -0.05) is 98.8 Å². The molecule has 0 fully saturated rings. The monoisotopic (exact) mass is 662 g/mol. The number of benzene rings is 7. The molecule has 0 atom stereocenters. The third-order valence-corrected chi connectivity index (χ3v) is 9.00. The first-order valence-electron chi connectivity index (χ1n) is 17.6. The van der Waals surface area contributed by atoms with Gasteiger partial charge in [0.25, 0.3) is 0 Å². The Labute approximate surface area is 300 Å².